The van der Waals surface area contributed by atoms with Crippen molar-refractivity contribution >= 4 is 55.0 Å². The molecule has 1 aromatic carbocycles. The average Bonchev–Trinajstić information content (AvgIpc) is 2.40. The van der Waals surface area contributed by atoms with E-state index in [0.717, 1.165) is 30.7 Å². The van der Waals surface area contributed by atoms with Gasteiger partial charge in [0.15, 0.2) is 0 Å². The number of likely N-dealkylation sites (N-methyl/N-ethyl adjacent to an activating group) is 1. The highest BCUT2D eigenvalue weighted by atomic mass is 127. The molecule has 1 aromatic heterocycles. The zero-order valence-corrected chi connectivity index (χ0v) is 14.5. The highest BCUT2D eigenvalue weighted by Crippen LogP contribution is 2.33. The Morgan fingerprint density at radius 2 is 1.84 bits per heavy atom. The van der Waals surface area contributed by atoms with Crippen molar-refractivity contribution < 1.29 is 0 Å². The maximum absolute atomic E-state index is 4.35. The monoisotopic (exact) mass is 431 g/mol. The number of nitrogens with zero attached hydrogens (tertiary/aromatic N) is 3. The van der Waals surface area contributed by atoms with E-state index < -0.39 is 0 Å². The molecule has 0 aliphatic carbocycles. The Labute approximate surface area is 135 Å². The minimum absolute atomic E-state index is 1.08. The van der Waals surface area contributed by atoms with E-state index in [1.807, 2.05) is 12.4 Å². The third kappa shape index (κ3) is 2.73. The van der Waals surface area contributed by atoms with Gasteiger partial charge >= 0.3 is 0 Å². The lowest BCUT2D eigenvalue weighted by Crippen LogP contribution is -2.44. The summed E-state index contributed by atoms with van der Waals surface area (Å²) in [7, 11) is 2.18. The predicted molar refractivity (Wildman–Crippen MR) is 91.9 cm³/mol. The van der Waals surface area contributed by atoms with Crippen molar-refractivity contribution in [1.82, 2.24) is 9.88 Å². The molecule has 19 heavy (non-hydrogen) atoms. The van der Waals surface area contributed by atoms with Crippen LogP contribution in [-0.4, -0.2) is 43.1 Å². The van der Waals surface area contributed by atoms with Gasteiger partial charge in [-0.25, -0.2) is 0 Å². The number of anilines is 1. The molecule has 100 valence electrons. The minimum Gasteiger partial charge on any atom is -0.368 e. The van der Waals surface area contributed by atoms with Crippen molar-refractivity contribution in [3.8, 4) is 0 Å². The van der Waals surface area contributed by atoms with E-state index >= 15 is 0 Å². The summed E-state index contributed by atoms with van der Waals surface area (Å²) in [6.45, 7) is 4.39. The Balaban J connectivity index is 2.10. The predicted octanol–water partition coefficient (Wildman–Crippen LogP) is 3.35. The van der Waals surface area contributed by atoms with Gasteiger partial charge in [-0.05, 0) is 41.8 Å². The Morgan fingerprint density at radius 3 is 2.58 bits per heavy atom. The fourth-order valence-corrected chi connectivity index (χ4v) is 3.55. The molecule has 1 fully saturated rings. The average molecular weight is 432 g/mol. The molecule has 0 saturated carbocycles. The molecule has 2 heterocycles. The fourth-order valence-electron chi connectivity index (χ4n) is 2.49. The molecule has 0 unspecified atom stereocenters. The van der Waals surface area contributed by atoms with E-state index in [2.05, 4.69) is 72.5 Å². The van der Waals surface area contributed by atoms with Gasteiger partial charge in [-0.15, -0.1) is 0 Å². The second kappa shape index (κ2) is 5.54. The molecular weight excluding hydrogens is 417 g/mol. The molecule has 1 aliphatic rings. The van der Waals surface area contributed by atoms with Crippen LogP contribution >= 0.6 is 38.5 Å². The van der Waals surface area contributed by atoms with Crippen molar-refractivity contribution in [1.29, 1.82) is 0 Å². The summed E-state index contributed by atoms with van der Waals surface area (Å²) in [5, 5.41) is 2.53. The molecule has 1 saturated heterocycles. The number of halogens is 2. The third-order valence-electron chi connectivity index (χ3n) is 3.62. The molecule has 0 radical (unpaired) electrons. The number of piperazine rings is 1. The largest absolute Gasteiger partial charge is 0.368 e. The standard InChI is InChI=1S/C14H15BrIN3/c1-18-2-4-19(5-3-18)14-7-10(15)6-11-12(14)8-17-9-13(11)16/h6-9H,2-5H2,1H3. The van der Waals surface area contributed by atoms with Crippen LogP contribution in [0.3, 0.4) is 0 Å². The van der Waals surface area contributed by atoms with Gasteiger partial charge in [0.25, 0.3) is 0 Å². The molecule has 0 spiro atoms. The second-order valence-corrected chi connectivity index (χ2v) is 7.01. The molecule has 0 atom stereocenters. The van der Waals surface area contributed by atoms with E-state index in [4.69, 9.17) is 0 Å². The van der Waals surface area contributed by atoms with E-state index in [-0.39, 0.29) is 0 Å². The molecule has 3 nitrogen and oxygen atoms in total. The Bertz CT molecular complexity index is 609. The first kappa shape index (κ1) is 13.6. The van der Waals surface area contributed by atoms with E-state index in [1.165, 1.54) is 20.0 Å². The number of hydrogen-bond donors (Lipinski definition) is 0. The fraction of sp³-hybridized carbons (Fsp3) is 0.357. The van der Waals surface area contributed by atoms with E-state index in [0.29, 0.717) is 0 Å². The summed E-state index contributed by atoms with van der Waals surface area (Å²) >= 11 is 5.99. The van der Waals surface area contributed by atoms with Crippen LogP contribution in [0.2, 0.25) is 0 Å². The normalized spacial score (nSPS) is 17.1. The SMILES string of the molecule is CN1CCN(c2cc(Br)cc3c(I)cncc23)CC1. The summed E-state index contributed by atoms with van der Waals surface area (Å²) in [4.78, 5) is 9.19. The van der Waals surface area contributed by atoms with Gasteiger partial charge in [-0.3, -0.25) is 4.98 Å². The number of fused-ring (bicyclic) bond motifs is 1. The first-order valence-electron chi connectivity index (χ1n) is 6.31. The molecule has 3 rings (SSSR count). The Hall–Kier alpha value is -0.400. The Kier molecular flexibility index (Phi) is 3.96. The molecule has 1 aliphatic heterocycles. The highest BCUT2D eigenvalue weighted by Gasteiger charge is 2.17. The number of rotatable bonds is 1. The lowest BCUT2D eigenvalue weighted by Gasteiger charge is -2.34. The summed E-state index contributed by atoms with van der Waals surface area (Å²) in [6, 6.07) is 4.39. The van der Waals surface area contributed by atoms with Crippen molar-refractivity contribution in [2.45, 2.75) is 0 Å². The van der Waals surface area contributed by atoms with Gasteiger partial charge in [0, 0.05) is 63.1 Å². The van der Waals surface area contributed by atoms with Crippen molar-refractivity contribution in [3.63, 3.8) is 0 Å². The molecule has 0 bridgehead atoms. The van der Waals surface area contributed by atoms with Crippen LogP contribution in [-0.2, 0) is 0 Å². The first-order chi connectivity index (χ1) is 9.15. The van der Waals surface area contributed by atoms with Crippen LogP contribution < -0.4 is 4.90 Å². The number of pyridine rings is 1. The van der Waals surface area contributed by atoms with E-state index in [9.17, 15) is 0 Å². The van der Waals surface area contributed by atoms with Crippen LogP contribution in [0.15, 0.2) is 29.0 Å². The number of benzene rings is 1. The summed E-state index contributed by atoms with van der Waals surface area (Å²) < 4.78 is 2.34. The van der Waals surface area contributed by atoms with Gasteiger partial charge in [0.2, 0.25) is 0 Å². The molecule has 0 N–H and O–H groups in total. The van der Waals surface area contributed by atoms with Gasteiger partial charge in [0.1, 0.15) is 0 Å². The van der Waals surface area contributed by atoms with Crippen LogP contribution in [0.4, 0.5) is 5.69 Å². The molecule has 5 heteroatoms. The zero-order valence-electron chi connectivity index (χ0n) is 10.7. The maximum Gasteiger partial charge on any atom is 0.0474 e. The maximum atomic E-state index is 4.35. The second-order valence-electron chi connectivity index (χ2n) is 4.93. The molecule has 2 aromatic rings. The van der Waals surface area contributed by atoms with Gasteiger partial charge in [-0.1, -0.05) is 15.9 Å². The van der Waals surface area contributed by atoms with Crippen molar-refractivity contribution in [2.24, 2.45) is 0 Å². The van der Waals surface area contributed by atoms with Crippen molar-refractivity contribution in [3.05, 3.63) is 32.6 Å². The first-order valence-corrected chi connectivity index (χ1v) is 8.18. The van der Waals surface area contributed by atoms with Gasteiger partial charge < -0.3 is 9.80 Å². The molecule has 0 amide bonds. The van der Waals surface area contributed by atoms with Gasteiger partial charge in [0.05, 0.1) is 0 Å². The molecular formula is C14H15BrIN3. The van der Waals surface area contributed by atoms with Crippen LogP contribution in [0.5, 0.6) is 0 Å². The highest BCUT2D eigenvalue weighted by molar-refractivity contribution is 14.1. The number of hydrogen-bond acceptors (Lipinski definition) is 3. The van der Waals surface area contributed by atoms with Gasteiger partial charge in [-0.2, -0.15) is 0 Å². The number of aromatic nitrogens is 1. The lowest BCUT2D eigenvalue weighted by molar-refractivity contribution is 0.313. The van der Waals surface area contributed by atoms with E-state index in [1.54, 1.807) is 0 Å². The van der Waals surface area contributed by atoms with Crippen LogP contribution in [0.1, 0.15) is 0 Å². The topological polar surface area (TPSA) is 19.4 Å². The lowest BCUT2D eigenvalue weighted by atomic mass is 10.1. The summed E-state index contributed by atoms with van der Waals surface area (Å²) in [5.41, 5.74) is 1.29. The Morgan fingerprint density at radius 1 is 1.11 bits per heavy atom. The van der Waals surface area contributed by atoms with Crippen LogP contribution in [0.25, 0.3) is 10.8 Å². The third-order valence-corrected chi connectivity index (χ3v) is 4.93. The quantitative estimate of drug-likeness (QED) is 0.645. The summed E-state index contributed by atoms with van der Waals surface area (Å²) in [6.07, 6.45) is 3.90. The summed E-state index contributed by atoms with van der Waals surface area (Å²) in [5.74, 6) is 0. The minimum atomic E-state index is 1.08. The zero-order chi connectivity index (χ0) is 13.4. The smallest absolute Gasteiger partial charge is 0.0474 e. The van der Waals surface area contributed by atoms with Crippen molar-refractivity contribution in [2.75, 3.05) is 38.1 Å². The van der Waals surface area contributed by atoms with Crippen LogP contribution in [0, 0.1) is 3.57 Å².